The summed E-state index contributed by atoms with van der Waals surface area (Å²) in [5.41, 5.74) is 0.865. The zero-order valence-corrected chi connectivity index (χ0v) is 14.3. The van der Waals surface area contributed by atoms with E-state index in [2.05, 4.69) is 19.1 Å². The summed E-state index contributed by atoms with van der Waals surface area (Å²) >= 11 is 0. The van der Waals surface area contributed by atoms with Gasteiger partial charge in [-0.3, -0.25) is 0 Å². The Kier molecular flexibility index (Phi) is 10.3. The molecule has 0 spiro atoms. The van der Waals surface area contributed by atoms with Gasteiger partial charge in [0.05, 0.1) is 5.60 Å². The summed E-state index contributed by atoms with van der Waals surface area (Å²) in [7, 11) is 0. The highest BCUT2D eigenvalue weighted by Crippen LogP contribution is 2.27. The van der Waals surface area contributed by atoms with Crippen molar-refractivity contribution in [1.82, 2.24) is 0 Å². The molecule has 0 heterocycles. The number of ether oxygens (including phenoxy) is 1. The van der Waals surface area contributed by atoms with Crippen molar-refractivity contribution in [3.63, 3.8) is 0 Å². The zero-order chi connectivity index (χ0) is 16.3. The predicted octanol–water partition coefficient (Wildman–Crippen LogP) is 4.41. The summed E-state index contributed by atoms with van der Waals surface area (Å²) in [6, 6.07) is 0. The molecule has 0 amide bonds. The normalized spacial score (nSPS) is 16.2. The number of aliphatic hydroxyl groups is 1. The van der Waals surface area contributed by atoms with Crippen LogP contribution >= 0.6 is 0 Å². The van der Waals surface area contributed by atoms with E-state index in [0.29, 0.717) is 12.8 Å². The molecule has 0 fully saturated rings. The third-order valence-corrected chi connectivity index (χ3v) is 3.12. The van der Waals surface area contributed by atoms with Crippen LogP contribution < -0.4 is 0 Å². The monoisotopic (exact) mass is 296 g/mol. The van der Waals surface area contributed by atoms with E-state index in [1.807, 2.05) is 33.8 Å². The molecule has 0 rings (SSSR count). The summed E-state index contributed by atoms with van der Waals surface area (Å²) in [5, 5.41) is 10.2. The van der Waals surface area contributed by atoms with Gasteiger partial charge in [0.25, 0.3) is 0 Å². The summed E-state index contributed by atoms with van der Waals surface area (Å²) in [4.78, 5) is 10.5. The molecule has 3 heteroatoms. The molecule has 0 saturated heterocycles. The third-order valence-electron chi connectivity index (χ3n) is 3.12. The van der Waals surface area contributed by atoms with Crippen molar-refractivity contribution in [3.8, 4) is 0 Å². The van der Waals surface area contributed by atoms with Crippen LogP contribution in [0.25, 0.3) is 0 Å². The summed E-state index contributed by atoms with van der Waals surface area (Å²) in [6.45, 7) is 9.91. The van der Waals surface area contributed by atoms with E-state index in [1.165, 1.54) is 5.57 Å². The Bertz CT molecular complexity index is 337. The average molecular weight is 296 g/mol. The fraction of sp³-hybridized carbons (Fsp3) is 0.722. The predicted molar refractivity (Wildman–Crippen MR) is 88.1 cm³/mol. The number of carbonyl (C=O) groups is 1. The van der Waals surface area contributed by atoms with E-state index in [-0.39, 0.29) is 11.5 Å². The lowest BCUT2D eigenvalue weighted by atomic mass is 9.89. The molecular formula is C18H32O3. The minimum Gasteiger partial charge on any atom is -0.368 e. The minimum absolute atomic E-state index is 0.221. The van der Waals surface area contributed by atoms with Crippen LogP contribution in [-0.2, 0) is 9.53 Å². The highest BCUT2D eigenvalue weighted by atomic mass is 16.6. The maximum absolute atomic E-state index is 10.5. The summed E-state index contributed by atoms with van der Waals surface area (Å²) < 4.78 is 5.62. The van der Waals surface area contributed by atoms with Gasteiger partial charge in [-0.1, -0.05) is 25.2 Å². The van der Waals surface area contributed by atoms with Crippen molar-refractivity contribution < 1.29 is 14.6 Å². The van der Waals surface area contributed by atoms with E-state index in [4.69, 9.17) is 4.74 Å². The molecule has 0 bridgehead atoms. The van der Waals surface area contributed by atoms with Crippen molar-refractivity contribution in [2.75, 3.05) is 0 Å². The summed E-state index contributed by atoms with van der Waals surface area (Å²) in [5.74, 6) is 0.221. The van der Waals surface area contributed by atoms with Crippen LogP contribution in [0.1, 0.15) is 66.7 Å². The van der Waals surface area contributed by atoms with Gasteiger partial charge >= 0.3 is 0 Å². The van der Waals surface area contributed by atoms with Crippen molar-refractivity contribution in [2.24, 2.45) is 5.92 Å². The van der Waals surface area contributed by atoms with Crippen LogP contribution in [0, 0.1) is 5.92 Å². The highest BCUT2D eigenvalue weighted by molar-refractivity contribution is 5.49. The first-order chi connectivity index (χ1) is 9.84. The molecule has 2 atom stereocenters. The van der Waals surface area contributed by atoms with Crippen molar-refractivity contribution in [1.29, 1.82) is 0 Å². The van der Waals surface area contributed by atoms with Gasteiger partial charge in [0.15, 0.2) is 6.29 Å². The molecule has 3 nitrogen and oxygen atoms in total. The van der Waals surface area contributed by atoms with Crippen molar-refractivity contribution >= 4 is 6.29 Å². The lowest BCUT2D eigenvalue weighted by molar-refractivity contribution is -0.172. The summed E-state index contributed by atoms with van der Waals surface area (Å²) in [6.07, 6.45) is 10.3. The van der Waals surface area contributed by atoms with E-state index in [1.54, 1.807) is 0 Å². The van der Waals surface area contributed by atoms with Gasteiger partial charge < -0.3 is 14.6 Å². The lowest BCUT2D eigenvalue weighted by Gasteiger charge is -2.27. The van der Waals surface area contributed by atoms with Gasteiger partial charge in [0, 0.05) is 12.8 Å². The second-order valence-corrected chi connectivity index (χ2v) is 6.33. The molecule has 0 aliphatic rings. The fourth-order valence-electron chi connectivity index (χ4n) is 2.37. The number of rotatable bonds is 10. The molecule has 0 aromatic carbocycles. The van der Waals surface area contributed by atoms with E-state index < -0.39 is 6.29 Å². The first-order valence-electron chi connectivity index (χ1n) is 7.96. The largest absolute Gasteiger partial charge is 0.368 e. The number of carbonyl (C=O) groups excluding carboxylic acids is 1. The average Bonchev–Trinajstić information content (AvgIpc) is 2.35. The second-order valence-electron chi connectivity index (χ2n) is 6.33. The van der Waals surface area contributed by atoms with E-state index >= 15 is 0 Å². The standard InChI is InChI=1S/C18H32O3/c1-6-10-15(11-7-2)16(12-8-9-13-19)14-17(20)21-18(3,4)5/h6,10-11,13,16-17,20H,7-9,12,14H2,1-5H3. The maximum Gasteiger partial charge on any atom is 0.155 e. The van der Waals surface area contributed by atoms with E-state index in [9.17, 15) is 9.90 Å². The first kappa shape index (κ1) is 20.1. The third kappa shape index (κ3) is 10.4. The van der Waals surface area contributed by atoms with Gasteiger partial charge in [0.1, 0.15) is 6.29 Å². The van der Waals surface area contributed by atoms with Gasteiger partial charge in [-0.15, -0.1) is 0 Å². The van der Waals surface area contributed by atoms with Crippen molar-refractivity contribution in [2.45, 2.75) is 78.6 Å². The molecule has 0 aliphatic heterocycles. The number of allylic oxidation sites excluding steroid dienone is 4. The van der Waals surface area contributed by atoms with Crippen LogP contribution in [0.2, 0.25) is 0 Å². The molecule has 0 saturated carbocycles. The Labute approximate surface area is 130 Å². The first-order valence-corrected chi connectivity index (χ1v) is 7.96. The van der Waals surface area contributed by atoms with Gasteiger partial charge in [-0.05, 0) is 58.4 Å². The number of hydrogen-bond donors (Lipinski definition) is 1. The number of unbranched alkanes of at least 4 members (excludes halogenated alkanes) is 1. The molecule has 0 radical (unpaired) electrons. The van der Waals surface area contributed by atoms with Crippen LogP contribution in [0.5, 0.6) is 0 Å². The fourth-order valence-corrected chi connectivity index (χ4v) is 2.37. The van der Waals surface area contributed by atoms with Gasteiger partial charge in [0.2, 0.25) is 0 Å². The lowest BCUT2D eigenvalue weighted by Crippen LogP contribution is -2.29. The van der Waals surface area contributed by atoms with Gasteiger partial charge in [-0.25, -0.2) is 0 Å². The SMILES string of the molecule is CC=CC(=CCC)C(CCCC=O)CC(O)OC(C)(C)C. The molecule has 0 aromatic heterocycles. The zero-order valence-electron chi connectivity index (χ0n) is 14.3. The molecule has 122 valence electrons. The van der Waals surface area contributed by atoms with Crippen LogP contribution in [0.4, 0.5) is 0 Å². The van der Waals surface area contributed by atoms with Crippen LogP contribution in [0.3, 0.4) is 0 Å². The van der Waals surface area contributed by atoms with Crippen molar-refractivity contribution in [3.05, 3.63) is 23.8 Å². The Morgan fingerprint density at radius 3 is 2.48 bits per heavy atom. The molecule has 2 unspecified atom stereocenters. The van der Waals surface area contributed by atoms with Gasteiger partial charge in [-0.2, -0.15) is 0 Å². The Hall–Kier alpha value is -0.930. The van der Waals surface area contributed by atoms with Crippen LogP contribution in [0.15, 0.2) is 23.8 Å². The quantitative estimate of drug-likeness (QED) is 0.281. The smallest absolute Gasteiger partial charge is 0.155 e. The number of aliphatic hydroxyl groups excluding tert-OH is 1. The Balaban J connectivity index is 4.85. The molecule has 1 N–H and O–H groups in total. The second kappa shape index (κ2) is 10.7. The highest BCUT2D eigenvalue weighted by Gasteiger charge is 2.22. The number of hydrogen-bond acceptors (Lipinski definition) is 3. The number of aldehydes is 1. The Morgan fingerprint density at radius 1 is 1.33 bits per heavy atom. The van der Waals surface area contributed by atoms with Crippen LogP contribution in [-0.4, -0.2) is 23.3 Å². The topological polar surface area (TPSA) is 46.5 Å². The minimum atomic E-state index is -0.781. The molecular weight excluding hydrogens is 264 g/mol. The Morgan fingerprint density at radius 2 is 2.00 bits per heavy atom. The molecule has 21 heavy (non-hydrogen) atoms. The molecule has 0 aliphatic carbocycles. The maximum atomic E-state index is 10.5. The molecule has 0 aromatic rings. The van der Waals surface area contributed by atoms with E-state index in [0.717, 1.165) is 25.5 Å².